The second kappa shape index (κ2) is 2.81. The Kier molecular flexibility index (Phi) is 2.18. The predicted octanol–water partition coefficient (Wildman–Crippen LogP) is 1.01. The Hall–Kier alpha value is -0.570. The molecule has 0 aliphatic heterocycles. The van der Waals surface area contributed by atoms with Gasteiger partial charge in [-0.05, 0) is 25.2 Å². The van der Waals surface area contributed by atoms with Gasteiger partial charge in [-0.2, -0.15) is 0 Å². The van der Waals surface area contributed by atoms with E-state index in [4.69, 9.17) is 5.11 Å². The first-order valence-electron chi connectivity index (χ1n) is 4.02. The Morgan fingerprint density at radius 3 is 2.45 bits per heavy atom. The third kappa shape index (κ3) is 1.93. The molecule has 0 heterocycles. The van der Waals surface area contributed by atoms with Gasteiger partial charge in [0.2, 0.25) is 0 Å². The highest BCUT2D eigenvalue weighted by molar-refractivity contribution is 5.68. The van der Waals surface area contributed by atoms with E-state index in [-0.39, 0.29) is 12.3 Å². The summed E-state index contributed by atoms with van der Waals surface area (Å²) >= 11 is 0. The molecule has 3 heteroatoms. The standard InChI is InChI=1S/C8H14O3/c1-2-8(11,5-7(9)10)6-3-4-6/h6,11H,2-5H2,1H3,(H,9,10). The molecule has 1 rings (SSSR count). The summed E-state index contributed by atoms with van der Waals surface area (Å²) in [6.45, 7) is 1.83. The maximum Gasteiger partial charge on any atom is 0.306 e. The van der Waals surface area contributed by atoms with Crippen molar-refractivity contribution in [1.82, 2.24) is 0 Å². The lowest BCUT2D eigenvalue weighted by Crippen LogP contribution is -2.33. The molecule has 0 saturated heterocycles. The summed E-state index contributed by atoms with van der Waals surface area (Å²) in [4.78, 5) is 10.3. The number of carboxylic acids is 1. The number of carbonyl (C=O) groups is 1. The molecule has 11 heavy (non-hydrogen) atoms. The van der Waals surface area contributed by atoms with E-state index in [9.17, 15) is 9.90 Å². The Labute approximate surface area is 66.0 Å². The molecular weight excluding hydrogens is 144 g/mol. The van der Waals surface area contributed by atoms with Gasteiger partial charge in [0.05, 0.1) is 12.0 Å². The fourth-order valence-corrected chi connectivity index (χ4v) is 1.44. The SMILES string of the molecule is CCC(O)(CC(=O)O)C1CC1. The number of hydrogen-bond acceptors (Lipinski definition) is 2. The molecule has 0 radical (unpaired) electrons. The summed E-state index contributed by atoms with van der Waals surface area (Å²) in [6.07, 6.45) is 2.41. The van der Waals surface area contributed by atoms with Gasteiger partial charge in [0, 0.05) is 0 Å². The minimum atomic E-state index is -0.925. The number of aliphatic carboxylic acids is 1. The van der Waals surface area contributed by atoms with Crippen molar-refractivity contribution in [3.63, 3.8) is 0 Å². The number of rotatable bonds is 4. The molecule has 0 aromatic rings. The lowest BCUT2D eigenvalue weighted by Gasteiger charge is -2.24. The third-order valence-corrected chi connectivity index (χ3v) is 2.41. The summed E-state index contributed by atoms with van der Waals surface area (Å²) in [7, 11) is 0. The highest BCUT2D eigenvalue weighted by Gasteiger charge is 2.43. The second-order valence-corrected chi connectivity index (χ2v) is 3.30. The maximum atomic E-state index is 10.3. The van der Waals surface area contributed by atoms with Crippen LogP contribution in [0.3, 0.4) is 0 Å². The molecule has 3 nitrogen and oxygen atoms in total. The van der Waals surface area contributed by atoms with Crippen molar-refractivity contribution >= 4 is 5.97 Å². The van der Waals surface area contributed by atoms with Crippen LogP contribution in [-0.2, 0) is 4.79 Å². The van der Waals surface area contributed by atoms with Gasteiger partial charge >= 0.3 is 5.97 Å². The molecule has 64 valence electrons. The lowest BCUT2D eigenvalue weighted by molar-refractivity contribution is -0.143. The van der Waals surface area contributed by atoms with E-state index in [1.54, 1.807) is 0 Å². The largest absolute Gasteiger partial charge is 0.481 e. The van der Waals surface area contributed by atoms with Crippen molar-refractivity contribution in [3.05, 3.63) is 0 Å². The Morgan fingerprint density at radius 1 is 1.64 bits per heavy atom. The van der Waals surface area contributed by atoms with E-state index >= 15 is 0 Å². The minimum Gasteiger partial charge on any atom is -0.481 e. The Bertz CT molecular complexity index is 163. The van der Waals surface area contributed by atoms with E-state index in [1.165, 1.54) is 0 Å². The van der Waals surface area contributed by atoms with Gasteiger partial charge in [0.15, 0.2) is 0 Å². The van der Waals surface area contributed by atoms with Crippen LogP contribution in [-0.4, -0.2) is 21.8 Å². The highest BCUT2D eigenvalue weighted by atomic mass is 16.4. The molecule has 0 amide bonds. The normalized spacial score (nSPS) is 22.7. The van der Waals surface area contributed by atoms with Crippen LogP contribution in [0.5, 0.6) is 0 Å². The molecule has 0 bridgehead atoms. The van der Waals surface area contributed by atoms with Gasteiger partial charge in [0.1, 0.15) is 0 Å². The number of aliphatic hydroxyl groups is 1. The molecule has 1 atom stereocenters. The van der Waals surface area contributed by atoms with Crippen LogP contribution >= 0.6 is 0 Å². The van der Waals surface area contributed by atoms with Crippen molar-refractivity contribution in [2.75, 3.05) is 0 Å². The van der Waals surface area contributed by atoms with Crippen LogP contribution in [0.25, 0.3) is 0 Å². The summed E-state index contributed by atoms with van der Waals surface area (Å²) < 4.78 is 0. The smallest absolute Gasteiger partial charge is 0.306 e. The van der Waals surface area contributed by atoms with Crippen molar-refractivity contribution < 1.29 is 15.0 Å². The molecule has 1 unspecified atom stereocenters. The number of carboxylic acid groups (broad SMARTS) is 1. The minimum absolute atomic E-state index is 0.103. The van der Waals surface area contributed by atoms with Gasteiger partial charge in [-0.25, -0.2) is 0 Å². The molecule has 1 fully saturated rings. The second-order valence-electron chi connectivity index (χ2n) is 3.30. The molecule has 0 aromatic carbocycles. The van der Waals surface area contributed by atoms with Crippen molar-refractivity contribution in [2.24, 2.45) is 5.92 Å². The van der Waals surface area contributed by atoms with Crippen LogP contribution in [0.15, 0.2) is 0 Å². The van der Waals surface area contributed by atoms with Crippen LogP contribution in [0, 0.1) is 5.92 Å². The molecule has 0 spiro atoms. The summed E-state index contributed by atoms with van der Waals surface area (Å²) in [5.41, 5.74) is -0.925. The first-order valence-corrected chi connectivity index (χ1v) is 4.02. The first-order chi connectivity index (χ1) is 5.08. The van der Waals surface area contributed by atoms with Crippen molar-refractivity contribution in [3.8, 4) is 0 Å². The maximum absolute atomic E-state index is 10.3. The van der Waals surface area contributed by atoms with Crippen molar-refractivity contribution in [2.45, 2.75) is 38.2 Å². The quantitative estimate of drug-likeness (QED) is 0.642. The topological polar surface area (TPSA) is 57.5 Å². The molecule has 1 saturated carbocycles. The average molecular weight is 158 g/mol. The van der Waals surface area contributed by atoms with Crippen LogP contribution in [0.4, 0.5) is 0 Å². The zero-order valence-corrected chi connectivity index (χ0v) is 6.71. The van der Waals surface area contributed by atoms with Crippen LogP contribution < -0.4 is 0 Å². The fourth-order valence-electron chi connectivity index (χ4n) is 1.44. The Morgan fingerprint density at radius 2 is 2.18 bits per heavy atom. The molecule has 0 aromatic heterocycles. The predicted molar refractivity (Wildman–Crippen MR) is 40.2 cm³/mol. The summed E-state index contributed by atoms with van der Waals surface area (Å²) in [5, 5.41) is 18.2. The molecular formula is C8H14O3. The zero-order chi connectivity index (χ0) is 8.48. The Balaban J connectivity index is 2.51. The van der Waals surface area contributed by atoms with E-state index in [0.29, 0.717) is 6.42 Å². The van der Waals surface area contributed by atoms with Gasteiger partial charge in [-0.1, -0.05) is 6.92 Å². The molecule has 2 N–H and O–H groups in total. The molecule has 1 aliphatic carbocycles. The third-order valence-electron chi connectivity index (χ3n) is 2.41. The summed E-state index contributed by atoms with van der Waals surface area (Å²) in [5.74, 6) is -0.662. The van der Waals surface area contributed by atoms with Crippen LogP contribution in [0.2, 0.25) is 0 Å². The van der Waals surface area contributed by atoms with E-state index in [2.05, 4.69) is 0 Å². The van der Waals surface area contributed by atoms with E-state index in [1.807, 2.05) is 6.92 Å². The van der Waals surface area contributed by atoms with Gasteiger partial charge in [-0.15, -0.1) is 0 Å². The van der Waals surface area contributed by atoms with Crippen molar-refractivity contribution in [1.29, 1.82) is 0 Å². The van der Waals surface area contributed by atoms with E-state index in [0.717, 1.165) is 12.8 Å². The van der Waals surface area contributed by atoms with Crippen LogP contribution in [0.1, 0.15) is 32.6 Å². The van der Waals surface area contributed by atoms with Gasteiger partial charge in [-0.3, -0.25) is 4.79 Å². The lowest BCUT2D eigenvalue weighted by atomic mass is 9.91. The van der Waals surface area contributed by atoms with Gasteiger partial charge in [0.25, 0.3) is 0 Å². The first kappa shape index (κ1) is 8.53. The fraction of sp³-hybridized carbons (Fsp3) is 0.875. The number of hydrogen-bond donors (Lipinski definition) is 2. The monoisotopic (exact) mass is 158 g/mol. The van der Waals surface area contributed by atoms with E-state index < -0.39 is 11.6 Å². The highest BCUT2D eigenvalue weighted by Crippen LogP contribution is 2.43. The molecule has 1 aliphatic rings. The summed E-state index contributed by atoms with van der Waals surface area (Å²) in [6, 6.07) is 0. The zero-order valence-electron chi connectivity index (χ0n) is 6.71. The van der Waals surface area contributed by atoms with Gasteiger partial charge < -0.3 is 10.2 Å². The average Bonchev–Trinajstić information content (AvgIpc) is 2.66.